The van der Waals surface area contributed by atoms with Gasteiger partial charge in [0.15, 0.2) is 0 Å². The van der Waals surface area contributed by atoms with Crippen LogP contribution in [0.4, 0.5) is 0 Å². The summed E-state index contributed by atoms with van der Waals surface area (Å²) in [6.07, 6.45) is 1.87. The predicted molar refractivity (Wildman–Crippen MR) is 65.3 cm³/mol. The molecule has 1 rings (SSSR count). The van der Waals surface area contributed by atoms with Gasteiger partial charge in [-0.05, 0) is 30.8 Å². The first-order valence-electron chi connectivity index (χ1n) is 4.97. The van der Waals surface area contributed by atoms with Crippen molar-refractivity contribution >= 4 is 19.6 Å². The van der Waals surface area contributed by atoms with E-state index in [0.29, 0.717) is 0 Å². The fourth-order valence-electron chi connectivity index (χ4n) is 1.48. The Bertz CT molecular complexity index is 318. The van der Waals surface area contributed by atoms with E-state index in [0.717, 1.165) is 6.61 Å². The second kappa shape index (κ2) is 4.58. The Hall–Kier alpha value is -0.863. The maximum Gasteiger partial charge on any atom is 0.218 e. The molecule has 0 atom stereocenters. The van der Waals surface area contributed by atoms with E-state index in [2.05, 4.69) is 43.9 Å². The molecule has 14 heavy (non-hydrogen) atoms. The third-order valence-corrected chi connectivity index (χ3v) is 5.03. The molecular weight excluding hydrogens is 188 g/mol. The van der Waals surface area contributed by atoms with Gasteiger partial charge < -0.3 is 4.43 Å². The van der Waals surface area contributed by atoms with Gasteiger partial charge in [-0.1, -0.05) is 36.9 Å². The summed E-state index contributed by atoms with van der Waals surface area (Å²) in [5.41, 5.74) is 1.17. The number of hydrogen-bond donors (Lipinski definition) is 0. The van der Waals surface area contributed by atoms with Crippen LogP contribution in [0, 0.1) is 0 Å². The van der Waals surface area contributed by atoms with E-state index in [1.807, 2.05) is 13.0 Å². The second-order valence-electron chi connectivity index (χ2n) is 3.77. The van der Waals surface area contributed by atoms with Gasteiger partial charge in [0.2, 0.25) is 8.32 Å². The Morgan fingerprint density at radius 1 is 1.43 bits per heavy atom. The molecule has 1 nitrogen and oxygen atoms in total. The Morgan fingerprint density at radius 3 is 2.71 bits per heavy atom. The van der Waals surface area contributed by atoms with Crippen LogP contribution in [0.1, 0.15) is 12.5 Å². The molecular formula is C12H18OSi. The highest BCUT2D eigenvalue weighted by atomic mass is 28.4. The summed E-state index contributed by atoms with van der Waals surface area (Å²) in [6.45, 7) is 11.1. The third kappa shape index (κ3) is 2.56. The number of hydrogen-bond acceptors (Lipinski definition) is 1. The fourth-order valence-corrected chi connectivity index (χ4v) is 3.38. The van der Waals surface area contributed by atoms with Crippen molar-refractivity contribution in [3.05, 3.63) is 36.4 Å². The van der Waals surface area contributed by atoms with E-state index < -0.39 is 8.32 Å². The molecule has 0 spiro atoms. The summed E-state index contributed by atoms with van der Waals surface area (Å²) in [6, 6.07) is 8.46. The molecule has 0 aliphatic heterocycles. The standard InChI is InChI=1S/C12H18OSi/c1-5-11-8-7-9-12(10-11)14(3,4)13-6-2/h5,7-10H,1,6H2,2-4H3. The zero-order valence-electron chi connectivity index (χ0n) is 9.21. The van der Waals surface area contributed by atoms with E-state index in [1.165, 1.54) is 10.8 Å². The third-order valence-electron chi connectivity index (χ3n) is 2.32. The van der Waals surface area contributed by atoms with Gasteiger partial charge in [0.25, 0.3) is 0 Å². The van der Waals surface area contributed by atoms with Crippen LogP contribution < -0.4 is 5.19 Å². The largest absolute Gasteiger partial charge is 0.413 e. The van der Waals surface area contributed by atoms with Crippen molar-refractivity contribution in [3.8, 4) is 0 Å². The van der Waals surface area contributed by atoms with Gasteiger partial charge in [-0.25, -0.2) is 0 Å². The van der Waals surface area contributed by atoms with E-state index >= 15 is 0 Å². The van der Waals surface area contributed by atoms with Gasteiger partial charge in [0.05, 0.1) is 0 Å². The van der Waals surface area contributed by atoms with Crippen LogP contribution in [0.15, 0.2) is 30.8 Å². The van der Waals surface area contributed by atoms with E-state index in [9.17, 15) is 0 Å². The van der Waals surface area contributed by atoms with Gasteiger partial charge in [-0.3, -0.25) is 0 Å². The molecule has 2 heteroatoms. The van der Waals surface area contributed by atoms with Crippen molar-refractivity contribution in [1.82, 2.24) is 0 Å². The van der Waals surface area contributed by atoms with Crippen LogP contribution in [0.3, 0.4) is 0 Å². The summed E-state index contributed by atoms with van der Waals surface area (Å²) in [5.74, 6) is 0. The molecule has 0 amide bonds. The van der Waals surface area contributed by atoms with Gasteiger partial charge in [0, 0.05) is 6.61 Å². The van der Waals surface area contributed by atoms with Gasteiger partial charge in [-0.15, -0.1) is 0 Å². The Labute approximate surface area is 87.5 Å². The lowest BCUT2D eigenvalue weighted by Crippen LogP contribution is -2.44. The molecule has 0 fully saturated rings. The van der Waals surface area contributed by atoms with Crippen molar-refractivity contribution < 1.29 is 4.43 Å². The van der Waals surface area contributed by atoms with Crippen LogP contribution in [0.2, 0.25) is 13.1 Å². The first kappa shape index (κ1) is 11.2. The molecule has 0 bridgehead atoms. The summed E-state index contributed by atoms with van der Waals surface area (Å²) in [7, 11) is -1.67. The highest BCUT2D eigenvalue weighted by molar-refractivity contribution is 6.84. The van der Waals surface area contributed by atoms with Crippen molar-refractivity contribution in [1.29, 1.82) is 0 Å². The summed E-state index contributed by atoms with van der Waals surface area (Å²) < 4.78 is 5.82. The second-order valence-corrected chi connectivity index (χ2v) is 7.66. The molecule has 0 unspecified atom stereocenters. The lowest BCUT2D eigenvalue weighted by Gasteiger charge is -2.22. The van der Waals surface area contributed by atoms with E-state index in [1.54, 1.807) is 0 Å². The lowest BCUT2D eigenvalue weighted by molar-refractivity contribution is 0.339. The fraction of sp³-hybridized carbons (Fsp3) is 0.333. The quantitative estimate of drug-likeness (QED) is 0.688. The predicted octanol–water partition coefficient (Wildman–Crippen LogP) is 2.78. The van der Waals surface area contributed by atoms with Crippen molar-refractivity contribution in [2.75, 3.05) is 6.61 Å². The molecule has 0 saturated carbocycles. The molecule has 0 aliphatic rings. The van der Waals surface area contributed by atoms with Crippen LogP contribution >= 0.6 is 0 Å². The summed E-state index contributed by atoms with van der Waals surface area (Å²) >= 11 is 0. The highest BCUT2D eigenvalue weighted by Gasteiger charge is 2.24. The average molecular weight is 206 g/mol. The Balaban J connectivity index is 2.99. The van der Waals surface area contributed by atoms with Gasteiger partial charge in [0.1, 0.15) is 0 Å². The minimum atomic E-state index is -1.67. The lowest BCUT2D eigenvalue weighted by atomic mass is 10.2. The smallest absolute Gasteiger partial charge is 0.218 e. The zero-order chi connectivity index (χ0) is 10.6. The van der Waals surface area contributed by atoms with Crippen LogP contribution in [-0.4, -0.2) is 14.9 Å². The molecule has 0 radical (unpaired) electrons. The van der Waals surface area contributed by atoms with Crippen molar-refractivity contribution in [2.24, 2.45) is 0 Å². The molecule has 0 aromatic heterocycles. The molecule has 0 aliphatic carbocycles. The molecule has 76 valence electrons. The SMILES string of the molecule is C=Cc1cccc([Si](C)(C)OCC)c1. The minimum absolute atomic E-state index is 0.789. The summed E-state index contributed by atoms with van der Waals surface area (Å²) in [5, 5.41) is 1.33. The molecule has 1 aromatic carbocycles. The van der Waals surface area contributed by atoms with Crippen LogP contribution in [-0.2, 0) is 4.43 Å². The maximum atomic E-state index is 5.82. The molecule has 0 heterocycles. The normalized spacial score (nSPS) is 11.4. The van der Waals surface area contributed by atoms with Crippen LogP contribution in [0.5, 0.6) is 0 Å². The van der Waals surface area contributed by atoms with Gasteiger partial charge in [-0.2, -0.15) is 0 Å². The average Bonchev–Trinajstić information content (AvgIpc) is 2.18. The van der Waals surface area contributed by atoms with E-state index in [-0.39, 0.29) is 0 Å². The monoisotopic (exact) mass is 206 g/mol. The number of benzene rings is 1. The first-order chi connectivity index (χ1) is 6.60. The van der Waals surface area contributed by atoms with Crippen molar-refractivity contribution in [2.45, 2.75) is 20.0 Å². The molecule has 1 aromatic rings. The first-order valence-corrected chi connectivity index (χ1v) is 7.88. The Kier molecular flexibility index (Phi) is 3.67. The van der Waals surface area contributed by atoms with Gasteiger partial charge >= 0.3 is 0 Å². The Morgan fingerprint density at radius 2 is 2.14 bits per heavy atom. The molecule has 0 saturated heterocycles. The highest BCUT2D eigenvalue weighted by Crippen LogP contribution is 2.07. The number of rotatable bonds is 4. The zero-order valence-corrected chi connectivity index (χ0v) is 10.2. The van der Waals surface area contributed by atoms with Crippen LogP contribution in [0.25, 0.3) is 6.08 Å². The van der Waals surface area contributed by atoms with E-state index in [4.69, 9.17) is 4.43 Å². The molecule has 0 N–H and O–H groups in total. The maximum absolute atomic E-state index is 5.82. The minimum Gasteiger partial charge on any atom is -0.413 e. The summed E-state index contributed by atoms with van der Waals surface area (Å²) in [4.78, 5) is 0. The topological polar surface area (TPSA) is 9.23 Å². The van der Waals surface area contributed by atoms with Crippen molar-refractivity contribution in [3.63, 3.8) is 0 Å².